The molecule has 0 radical (unpaired) electrons. The van der Waals surface area contributed by atoms with E-state index in [4.69, 9.17) is 4.74 Å². The summed E-state index contributed by atoms with van der Waals surface area (Å²) in [5, 5.41) is 0. The molecule has 3 rings (SSSR count). The summed E-state index contributed by atoms with van der Waals surface area (Å²) < 4.78 is 32.0. The Kier molecular flexibility index (Phi) is 5.18. The Morgan fingerprint density at radius 3 is 2.21 bits per heavy atom. The quantitative estimate of drug-likeness (QED) is 0.870. The van der Waals surface area contributed by atoms with Gasteiger partial charge in [0.05, 0.1) is 38.2 Å². The first-order valence-corrected chi connectivity index (χ1v) is 9.55. The van der Waals surface area contributed by atoms with Crippen LogP contribution in [0.25, 0.3) is 0 Å². The minimum Gasteiger partial charge on any atom is -0.497 e. The number of nitrogens with one attached hydrogen (secondary N) is 1. The second kappa shape index (κ2) is 7.34. The third kappa shape index (κ3) is 3.77. The highest BCUT2D eigenvalue weighted by atomic mass is 32.2. The van der Waals surface area contributed by atoms with Crippen molar-refractivity contribution in [2.24, 2.45) is 0 Å². The van der Waals surface area contributed by atoms with Crippen LogP contribution in [0, 0.1) is 0 Å². The Hall–Kier alpha value is -1.89. The van der Waals surface area contributed by atoms with Crippen molar-refractivity contribution < 1.29 is 18.1 Å². The van der Waals surface area contributed by atoms with E-state index < -0.39 is 10.0 Å². The maximum atomic E-state index is 12.6. The molecule has 1 aliphatic heterocycles. The van der Waals surface area contributed by atoms with Gasteiger partial charge in [0.25, 0.3) is 0 Å². The van der Waals surface area contributed by atoms with Gasteiger partial charge in [0.1, 0.15) is 12.3 Å². The number of rotatable bonds is 5. The lowest BCUT2D eigenvalue weighted by molar-refractivity contribution is -0.917. The zero-order chi connectivity index (χ0) is 17.0. The number of sulfonamides is 1. The third-order valence-corrected chi connectivity index (χ3v) is 6.34. The third-order valence-electron chi connectivity index (χ3n) is 4.42. The van der Waals surface area contributed by atoms with Crippen LogP contribution < -0.4 is 9.64 Å². The summed E-state index contributed by atoms with van der Waals surface area (Å²) in [6.45, 7) is 3.66. The van der Waals surface area contributed by atoms with E-state index in [-0.39, 0.29) is 0 Å². The van der Waals surface area contributed by atoms with E-state index in [1.54, 1.807) is 35.7 Å². The molecular weight excluding hydrogens is 324 g/mol. The van der Waals surface area contributed by atoms with E-state index >= 15 is 0 Å². The fraction of sp³-hybridized carbons (Fsp3) is 0.333. The lowest BCUT2D eigenvalue weighted by atomic mass is 10.2. The molecule has 1 heterocycles. The van der Waals surface area contributed by atoms with Crippen molar-refractivity contribution in [2.45, 2.75) is 11.4 Å². The maximum Gasteiger partial charge on any atom is 0.243 e. The highest BCUT2D eigenvalue weighted by Gasteiger charge is 2.30. The molecule has 1 fully saturated rings. The topological polar surface area (TPSA) is 51.1 Å². The van der Waals surface area contributed by atoms with Gasteiger partial charge in [0.2, 0.25) is 10.0 Å². The molecule has 6 heteroatoms. The molecule has 0 unspecified atom stereocenters. The first kappa shape index (κ1) is 17.0. The fourth-order valence-electron chi connectivity index (χ4n) is 2.99. The van der Waals surface area contributed by atoms with E-state index in [2.05, 4.69) is 12.1 Å². The first-order chi connectivity index (χ1) is 11.6. The summed E-state index contributed by atoms with van der Waals surface area (Å²) in [5.41, 5.74) is 1.24. The molecule has 0 spiro atoms. The molecule has 1 aliphatic rings. The van der Waals surface area contributed by atoms with Crippen LogP contribution >= 0.6 is 0 Å². The second-order valence-corrected chi connectivity index (χ2v) is 7.93. The number of hydrogen-bond donors (Lipinski definition) is 1. The maximum absolute atomic E-state index is 12.6. The summed E-state index contributed by atoms with van der Waals surface area (Å²) in [5.74, 6) is 0.854. The molecule has 128 valence electrons. The largest absolute Gasteiger partial charge is 0.497 e. The normalized spacial score (nSPS) is 16.9. The smallest absolute Gasteiger partial charge is 0.243 e. The molecule has 0 amide bonds. The summed E-state index contributed by atoms with van der Waals surface area (Å²) in [6, 6.07) is 16.7. The van der Waals surface area contributed by atoms with Crippen molar-refractivity contribution in [1.29, 1.82) is 0 Å². The number of benzene rings is 2. The summed E-state index contributed by atoms with van der Waals surface area (Å²) in [6.07, 6.45) is 0. The van der Waals surface area contributed by atoms with Crippen LogP contribution in [0.2, 0.25) is 0 Å². The molecule has 24 heavy (non-hydrogen) atoms. The van der Waals surface area contributed by atoms with Gasteiger partial charge in [-0.2, -0.15) is 4.31 Å². The van der Waals surface area contributed by atoms with Crippen LogP contribution in [0.15, 0.2) is 59.5 Å². The highest BCUT2D eigenvalue weighted by Crippen LogP contribution is 2.15. The molecular formula is C18H23N2O3S+. The second-order valence-electron chi connectivity index (χ2n) is 5.99. The minimum absolute atomic E-state index is 0.378. The molecule has 5 nitrogen and oxygen atoms in total. The highest BCUT2D eigenvalue weighted by molar-refractivity contribution is 7.89. The van der Waals surface area contributed by atoms with Gasteiger partial charge in [-0.1, -0.05) is 18.2 Å². The zero-order valence-electron chi connectivity index (χ0n) is 13.8. The average molecular weight is 347 g/mol. The predicted molar refractivity (Wildman–Crippen MR) is 92.6 cm³/mol. The van der Waals surface area contributed by atoms with Crippen molar-refractivity contribution in [1.82, 2.24) is 4.31 Å². The van der Waals surface area contributed by atoms with Crippen molar-refractivity contribution in [3.8, 4) is 5.75 Å². The molecule has 0 aromatic heterocycles. The van der Waals surface area contributed by atoms with Crippen LogP contribution in [0.1, 0.15) is 5.56 Å². The zero-order valence-corrected chi connectivity index (χ0v) is 14.6. The lowest BCUT2D eigenvalue weighted by Gasteiger charge is -2.31. The Labute approximate surface area is 143 Å². The van der Waals surface area contributed by atoms with Gasteiger partial charge in [-0.05, 0) is 36.4 Å². The number of hydrogen-bond acceptors (Lipinski definition) is 3. The van der Waals surface area contributed by atoms with Crippen molar-refractivity contribution in [3.63, 3.8) is 0 Å². The van der Waals surface area contributed by atoms with Crippen LogP contribution in [-0.4, -0.2) is 46.0 Å². The van der Waals surface area contributed by atoms with Crippen molar-refractivity contribution >= 4 is 10.0 Å². The molecule has 0 atom stereocenters. The Morgan fingerprint density at radius 2 is 1.62 bits per heavy atom. The van der Waals surface area contributed by atoms with Crippen molar-refractivity contribution in [3.05, 3.63) is 60.2 Å². The standard InChI is InChI=1S/C18H22N2O3S/c1-23-17-9-7-16(8-10-17)15-19-11-13-20(14-12-19)24(21,22)18-5-3-2-4-6-18/h2-10H,11-15H2,1H3/p+1. The van der Waals surface area contributed by atoms with E-state index in [0.29, 0.717) is 18.0 Å². The van der Waals surface area contributed by atoms with Crippen LogP contribution in [0.3, 0.4) is 0 Å². The molecule has 1 N–H and O–H groups in total. The SMILES string of the molecule is COc1ccc(C[NH+]2CCN(S(=O)(=O)c3ccccc3)CC2)cc1. The number of piperazine rings is 1. The van der Waals surface area contributed by atoms with Gasteiger partial charge in [0, 0.05) is 5.56 Å². The van der Waals surface area contributed by atoms with Crippen LogP contribution in [-0.2, 0) is 16.6 Å². The van der Waals surface area contributed by atoms with Gasteiger partial charge < -0.3 is 9.64 Å². The molecule has 0 saturated carbocycles. The Bertz CT molecular complexity index is 753. The number of quaternary nitrogens is 1. The van der Waals surface area contributed by atoms with Gasteiger partial charge in [-0.3, -0.25) is 0 Å². The lowest BCUT2D eigenvalue weighted by Crippen LogP contribution is -3.13. The van der Waals surface area contributed by atoms with E-state index in [9.17, 15) is 8.42 Å². The molecule has 1 saturated heterocycles. The average Bonchev–Trinajstić information content (AvgIpc) is 2.63. The van der Waals surface area contributed by atoms with E-state index in [1.807, 2.05) is 18.2 Å². The summed E-state index contributed by atoms with van der Waals surface area (Å²) in [4.78, 5) is 1.78. The van der Waals surface area contributed by atoms with E-state index in [0.717, 1.165) is 25.4 Å². The number of methoxy groups -OCH3 is 1. The molecule has 0 aliphatic carbocycles. The number of nitrogens with zero attached hydrogens (tertiary/aromatic N) is 1. The Balaban J connectivity index is 1.59. The summed E-state index contributed by atoms with van der Waals surface area (Å²) >= 11 is 0. The molecule has 2 aromatic rings. The first-order valence-electron chi connectivity index (χ1n) is 8.11. The van der Waals surface area contributed by atoms with Gasteiger partial charge in [0.15, 0.2) is 0 Å². The fourth-order valence-corrected chi connectivity index (χ4v) is 4.46. The molecule has 2 aromatic carbocycles. The number of ether oxygens (including phenoxy) is 1. The monoisotopic (exact) mass is 347 g/mol. The molecule has 0 bridgehead atoms. The van der Waals surface area contributed by atoms with E-state index in [1.165, 1.54) is 10.5 Å². The van der Waals surface area contributed by atoms with Gasteiger partial charge >= 0.3 is 0 Å². The minimum atomic E-state index is -3.36. The van der Waals surface area contributed by atoms with Crippen molar-refractivity contribution in [2.75, 3.05) is 33.3 Å². The van der Waals surface area contributed by atoms with Gasteiger partial charge in [-0.25, -0.2) is 8.42 Å². The van der Waals surface area contributed by atoms with Gasteiger partial charge in [-0.15, -0.1) is 0 Å². The van der Waals surface area contributed by atoms with Crippen LogP contribution in [0.5, 0.6) is 5.75 Å². The predicted octanol–water partition coefficient (Wildman–Crippen LogP) is 0.785. The Morgan fingerprint density at radius 1 is 1.00 bits per heavy atom. The summed E-state index contributed by atoms with van der Waals surface area (Å²) in [7, 11) is -1.70. The van der Waals surface area contributed by atoms with Crippen LogP contribution in [0.4, 0.5) is 0 Å².